The molecule has 0 radical (unpaired) electrons. The molecule has 0 amide bonds. The van der Waals surface area contributed by atoms with E-state index < -0.39 is 11.9 Å². The first-order valence-electron chi connectivity index (χ1n) is 9.25. The van der Waals surface area contributed by atoms with Crippen LogP contribution in [0.4, 0.5) is 0 Å². The summed E-state index contributed by atoms with van der Waals surface area (Å²) in [4.78, 5) is 25.5. The van der Waals surface area contributed by atoms with Gasteiger partial charge in [0.15, 0.2) is 17.3 Å². The van der Waals surface area contributed by atoms with Gasteiger partial charge in [-0.2, -0.15) is 0 Å². The lowest BCUT2D eigenvalue weighted by Crippen LogP contribution is -2.34. The Bertz CT molecular complexity index is 887. The Balaban J connectivity index is 2.24. The normalized spacial score (nSPS) is 19.2. The monoisotopic (exact) mass is 449 g/mol. The van der Waals surface area contributed by atoms with Crippen molar-refractivity contribution in [2.45, 2.75) is 39.0 Å². The number of methoxy groups -OCH3 is 2. The number of carbonyl (C=O) groups is 2. The van der Waals surface area contributed by atoms with E-state index in [2.05, 4.69) is 21.2 Å². The summed E-state index contributed by atoms with van der Waals surface area (Å²) in [5, 5.41) is 3.26. The second-order valence-corrected chi connectivity index (χ2v) is 7.58. The van der Waals surface area contributed by atoms with Crippen LogP contribution in [0, 0.1) is 0 Å². The lowest BCUT2D eigenvalue weighted by Gasteiger charge is -2.34. The highest BCUT2D eigenvalue weighted by Crippen LogP contribution is 2.46. The van der Waals surface area contributed by atoms with Gasteiger partial charge in [-0.3, -0.25) is 4.79 Å². The Morgan fingerprint density at radius 1 is 1.29 bits per heavy atom. The van der Waals surface area contributed by atoms with Crippen LogP contribution >= 0.6 is 15.9 Å². The number of benzene rings is 1. The average Bonchev–Trinajstić information content (AvgIpc) is 2.66. The Hall–Kier alpha value is -2.28. The smallest absolute Gasteiger partial charge is 0.336 e. The van der Waals surface area contributed by atoms with E-state index in [-0.39, 0.29) is 5.78 Å². The van der Waals surface area contributed by atoms with Crippen molar-refractivity contribution >= 4 is 27.7 Å². The summed E-state index contributed by atoms with van der Waals surface area (Å²) >= 11 is 3.53. The minimum Gasteiger partial charge on any atom is -0.492 e. The third-order valence-corrected chi connectivity index (χ3v) is 5.64. The molecule has 1 atom stereocenters. The van der Waals surface area contributed by atoms with Crippen molar-refractivity contribution in [1.29, 1.82) is 0 Å². The van der Waals surface area contributed by atoms with Crippen LogP contribution in [0.3, 0.4) is 0 Å². The molecule has 1 aromatic rings. The van der Waals surface area contributed by atoms with E-state index in [1.165, 1.54) is 7.11 Å². The number of ketones is 1. The van der Waals surface area contributed by atoms with E-state index in [0.29, 0.717) is 45.8 Å². The number of esters is 1. The zero-order chi connectivity index (χ0) is 20.4. The molecule has 1 N–H and O–H groups in total. The molecule has 0 bridgehead atoms. The highest BCUT2D eigenvalue weighted by Gasteiger charge is 2.39. The lowest BCUT2D eigenvalue weighted by atomic mass is 9.75. The fraction of sp³-hybridized carbons (Fsp3) is 0.429. The maximum atomic E-state index is 12.9. The summed E-state index contributed by atoms with van der Waals surface area (Å²) in [5.74, 6) is 0.213. The largest absolute Gasteiger partial charge is 0.492 e. The molecule has 150 valence electrons. The summed E-state index contributed by atoms with van der Waals surface area (Å²) in [7, 11) is 2.92. The summed E-state index contributed by atoms with van der Waals surface area (Å²) in [6.45, 7) is 4.19. The van der Waals surface area contributed by atoms with Crippen LogP contribution in [0.2, 0.25) is 0 Å². The van der Waals surface area contributed by atoms with E-state index >= 15 is 0 Å². The number of rotatable bonds is 5. The van der Waals surface area contributed by atoms with Crippen LogP contribution in [-0.4, -0.2) is 32.6 Å². The predicted molar refractivity (Wildman–Crippen MR) is 108 cm³/mol. The third-order valence-electron chi connectivity index (χ3n) is 5.05. The molecule has 3 rings (SSSR count). The number of halogens is 1. The van der Waals surface area contributed by atoms with Crippen LogP contribution in [0.15, 0.2) is 39.1 Å². The molecule has 1 aromatic carbocycles. The molecule has 28 heavy (non-hydrogen) atoms. The molecule has 0 spiro atoms. The number of Topliss-reactive ketones (excluding diaryl/α,β-unsaturated/α-hetero) is 1. The molecule has 1 aliphatic heterocycles. The van der Waals surface area contributed by atoms with Crippen molar-refractivity contribution in [3.8, 4) is 11.5 Å². The Kier molecular flexibility index (Phi) is 6.13. The van der Waals surface area contributed by atoms with E-state index in [1.807, 2.05) is 26.0 Å². The van der Waals surface area contributed by atoms with E-state index in [0.717, 1.165) is 24.1 Å². The zero-order valence-electron chi connectivity index (χ0n) is 16.5. The van der Waals surface area contributed by atoms with Gasteiger partial charge >= 0.3 is 5.97 Å². The summed E-state index contributed by atoms with van der Waals surface area (Å²) in [6.07, 6.45) is 2.05. The van der Waals surface area contributed by atoms with Crippen molar-refractivity contribution in [2.75, 3.05) is 20.8 Å². The van der Waals surface area contributed by atoms with Gasteiger partial charge in [0.2, 0.25) is 0 Å². The average molecular weight is 450 g/mol. The molecular formula is C21H24BrNO5. The van der Waals surface area contributed by atoms with Gasteiger partial charge < -0.3 is 19.5 Å². The summed E-state index contributed by atoms with van der Waals surface area (Å²) < 4.78 is 16.9. The van der Waals surface area contributed by atoms with Crippen LogP contribution in [0.1, 0.15) is 44.6 Å². The van der Waals surface area contributed by atoms with E-state index in [1.54, 1.807) is 7.11 Å². The maximum absolute atomic E-state index is 12.9. The van der Waals surface area contributed by atoms with Gasteiger partial charge in [-0.05, 0) is 60.3 Å². The summed E-state index contributed by atoms with van der Waals surface area (Å²) in [6, 6.07) is 3.71. The first-order chi connectivity index (χ1) is 13.4. The fourth-order valence-corrected chi connectivity index (χ4v) is 4.53. The number of carbonyl (C=O) groups excluding carboxylic acids is 2. The lowest BCUT2D eigenvalue weighted by molar-refractivity contribution is -0.136. The van der Waals surface area contributed by atoms with Crippen molar-refractivity contribution in [2.24, 2.45) is 0 Å². The number of dihydropyridines is 1. The second kappa shape index (κ2) is 8.39. The van der Waals surface area contributed by atoms with Crippen LogP contribution in [0.5, 0.6) is 11.5 Å². The Labute approximate surface area is 173 Å². The number of nitrogens with one attached hydrogen (secondary N) is 1. The van der Waals surface area contributed by atoms with Crippen molar-refractivity contribution < 1.29 is 23.8 Å². The van der Waals surface area contributed by atoms with E-state index in [4.69, 9.17) is 14.2 Å². The molecule has 0 fully saturated rings. The predicted octanol–water partition coefficient (Wildman–Crippen LogP) is 4.00. The Morgan fingerprint density at radius 3 is 2.68 bits per heavy atom. The van der Waals surface area contributed by atoms with Crippen molar-refractivity contribution in [3.05, 3.63) is 44.7 Å². The number of ether oxygens (including phenoxy) is 3. The molecule has 1 aliphatic carbocycles. The second-order valence-electron chi connectivity index (χ2n) is 6.72. The van der Waals surface area contributed by atoms with E-state index in [9.17, 15) is 9.59 Å². The quantitative estimate of drug-likeness (QED) is 0.684. The molecule has 0 unspecified atom stereocenters. The van der Waals surface area contributed by atoms with Gasteiger partial charge in [0, 0.05) is 29.3 Å². The van der Waals surface area contributed by atoms with Gasteiger partial charge in [0.25, 0.3) is 0 Å². The molecule has 0 saturated heterocycles. The summed E-state index contributed by atoms with van der Waals surface area (Å²) in [5.41, 5.74) is 3.44. The zero-order valence-corrected chi connectivity index (χ0v) is 18.1. The van der Waals surface area contributed by atoms with Gasteiger partial charge in [-0.1, -0.05) is 0 Å². The number of allylic oxidation sites excluding steroid dienone is 3. The minimum absolute atomic E-state index is 0.0533. The van der Waals surface area contributed by atoms with Crippen molar-refractivity contribution in [3.63, 3.8) is 0 Å². The Morgan fingerprint density at radius 2 is 2.04 bits per heavy atom. The fourth-order valence-electron chi connectivity index (χ4n) is 3.91. The highest BCUT2D eigenvalue weighted by atomic mass is 79.9. The van der Waals surface area contributed by atoms with Gasteiger partial charge in [0.05, 0.1) is 30.9 Å². The molecule has 2 aliphatic rings. The van der Waals surface area contributed by atoms with Crippen LogP contribution < -0.4 is 14.8 Å². The first-order valence-corrected chi connectivity index (χ1v) is 10.0. The molecule has 6 nitrogen and oxygen atoms in total. The molecule has 1 heterocycles. The standard InChI is InChI=1S/C21H24BrNO5/c1-5-28-16-10-12(9-13(22)20(16)26-3)18-17(21(25)27-4)11(2)23-14-7-6-8-15(24)19(14)18/h9-10,18,23H,5-8H2,1-4H3/t18-/m0/s1. The van der Waals surface area contributed by atoms with Gasteiger partial charge in [-0.15, -0.1) is 0 Å². The van der Waals surface area contributed by atoms with Crippen LogP contribution in [-0.2, 0) is 14.3 Å². The third kappa shape index (κ3) is 3.55. The first kappa shape index (κ1) is 20.5. The van der Waals surface area contributed by atoms with Gasteiger partial charge in [-0.25, -0.2) is 4.79 Å². The van der Waals surface area contributed by atoms with Crippen molar-refractivity contribution in [1.82, 2.24) is 5.32 Å². The van der Waals surface area contributed by atoms with Crippen LogP contribution in [0.25, 0.3) is 0 Å². The number of hydrogen-bond acceptors (Lipinski definition) is 6. The molecular weight excluding hydrogens is 426 g/mol. The molecule has 0 aromatic heterocycles. The topological polar surface area (TPSA) is 73.9 Å². The minimum atomic E-state index is -0.516. The number of hydrogen-bond donors (Lipinski definition) is 1. The SMILES string of the molecule is CCOc1cc([C@H]2C(C(=O)OC)=C(C)NC3=C2C(=O)CCC3)cc(Br)c1OC. The molecule has 0 saturated carbocycles. The molecule has 7 heteroatoms. The maximum Gasteiger partial charge on any atom is 0.336 e. The highest BCUT2D eigenvalue weighted by molar-refractivity contribution is 9.10. The van der Waals surface area contributed by atoms with Gasteiger partial charge in [0.1, 0.15) is 0 Å².